The zero-order valence-electron chi connectivity index (χ0n) is 12.2. The van der Waals surface area contributed by atoms with Gasteiger partial charge in [0.1, 0.15) is 5.75 Å². The molecule has 3 heteroatoms. The van der Waals surface area contributed by atoms with Crippen LogP contribution in [0.5, 0.6) is 5.75 Å². The highest BCUT2D eigenvalue weighted by Crippen LogP contribution is 2.26. The average Bonchev–Trinajstić information content (AvgIpc) is 2.49. The van der Waals surface area contributed by atoms with Gasteiger partial charge in [0, 0.05) is 18.3 Å². The number of benzene rings is 1. The lowest BCUT2D eigenvalue weighted by Gasteiger charge is -2.11. The molecule has 1 aromatic carbocycles. The van der Waals surface area contributed by atoms with Crippen molar-refractivity contribution < 1.29 is 4.74 Å². The minimum atomic E-state index is 0.658. The van der Waals surface area contributed by atoms with Gasteiger partial charge in [-0.2, -0.15) is 0 Å². The molecule has 1 heterocycles. The van der Waals surface area contributed by atoms with Crippen LogP contribution < -0.4 is 10.1 Å². The van der Waals surface area contributed by atoms with E-state index < -0.39 is 0 Å². The molecule has 0 fully saturated rings. The van der Waals surface area contributed by atoms with Crippen LogP contribution >= 0.6 is 0 Å². The van der Waals surface area contributed by atoms with E-state index >= 15 is 0 Å². The number of hydrogen-bond acceptors (Lipinski definition) is 3. The van der Waals surface area contributed by atoms with E-state index in [-0.39, 0.29) is 0 Å². The zero-order valence-corrected chi connectivity index (χ0v) is 12.2. The van der Waals surface area contributed by atoms with Crippen LogP contribution in [0.3, 0.4) is 0 Å². The molecule has 1 aromatic heterocycles. The van der Waals surface area contributed by atoms with E-state index in [1.807, 2.05) is 13.1 Å². The Hall–Kier alpha value is -1.87. The molecule has 3 nitrogen and oxygen atoms in total. The van der Waals surface area contributed by atoms with Gasteiger partial charge in [-0.3, -0.25) is 4.98 Å². The predicted molar refractivity (Wildman–Crippen MR) is 82.8 cm³/mol. The molecule has 0 saturated carbocycles. The molecule has 0 bridgehead atoms. The maximum Gasteiger partial charge on any atom is 0.138 e. The molecule has 2 aromatic rings. The standard InChI is InChI=1S/C17H22N2O/c1-3-9-18-11-14-7-5-6-8-17(14)15-10-16(20-4-2)13-19-12-15/h5-8,10,12-13,18H,3-4,9,11H2,1-2H3. The summed E-state index contributed by atoms with van der Waals surface area (Å²) in [7, 11) is 0. The first-order valence-corrected chi connectivity index (χ1v) is 7.22. The summed E-state index contributed by atoms with van der Waals surface area (Å²) >= 11 is 0. The van der Waals surface area contributed by atoms with Gasteiger partial charge in [0.25, 0.3) is 0 Å². The van der Waals surface area contributed by atoms with Crippen molar-refractivity contribution in [1.82, 2.24) is 10.3 Å². The molecule has 0 atom stereocenters. The van der Waals surface area contributed by atoms with Crippen LogP contribution in [0.2, 0.25) is 0 Å². The lowest BCUT2D eigenvalue weighted by molar-refractivity contribution is 0.339. The van der Waals surface area contributed by atoms with Crippen LogP contribution in [0, 0.1) is 0 Å². The van der Waals surface area contributed by atoms with Gasteiger partial charge in [-0.25, -0.2) is 0 Å². The predicted octanol–water partition coefficient (Wildman–Crippen LogP) is 3.65. The lowest BCUT2D eigenvalue weighted by Crippen LogP contribution is -2.14. The van der Waals surface area contributed by atoms with E-state index in [9.17, 15) is 0 Å². The monoisotopic (exact) mass is 270 g/mol. The van der Waals surface area contributed by atoms with E-state index in [1.54, 1.807) is 6.20 Å². The van der Waals surface area contributed by atoms with Crippen molar-refractivity contribution in [3.05, 3.63) is 48.3 Å². The highest BCUT2D eigenvalue weighted by Gasteiger charge is 2.06. The van der Waals surface area contributed by atoms with Crippen molar-refractivity contribution >= 4 is 0 Å². The fraction of sp³-hybridized carbons (Fsp3) is 0.353. The van der Waals surface area contributed by atoms with E-state index in [2.05, 4.69) is 47.6 Å². The Bertz CT molecular complexity index is 540. The summed E-state index contributed by atoms with van der Waals surface area (Å²) in [6, 6.07) is 10.5. The van der Waals surface area contributed by atoms with Crippen LogP contribution in [0.15, 0.2) is 42.7 Å². The van der Waals surface area contributed by atoms with Crippen molar-refractivity contribution in [2.75, 3.05) is 13.2 Å². The Morgan fingerprint density at radius 2 is 2.00 bits per heavy atom. The summed E-state index contributed by atoms with van der Waals surface area (Å²) < 4.78 is 5.53. The van der Waals surface area contributed by atoms with Crippen molar-refractivity contribution in [2.24, 2.45) is 0 Å². The van der Waals surface area contributed by atoms with Crippen LogP contribution in [0.25, 0.3) is 11.1 Å². The number of rotatable bonds is 7. The second-order valence-electron chi connectivity index (χ2n) is 4.68. The molecule has 20 heavy (non-hydrogen) atoms. The van der Waals surface area contributed by atoms with Gasteiger partial charge in [0.15, 0.2) is 0 Å². The minimum Gasteiger partial charge on any atom is -0.492 e. The Morgan fingerprint density at radius 1 is 1.15 bits per heavy atom. The summed E-state index contributed by atoms with van der Waals surface area (Å²) in [5.74, 6) is 0.821. The molecule has 0 aliphatic rings. The molecule has 0 saturated heterocycles. The van der Waals surface area contributed by atoms with Gasteiger partial charge in [0.2, 0.25) is 0 Å². The molecule has 0 aliphatic carbocycles. The van der Waals surface area contributed by atoms with Gasteiger partial charge in [0.05, 0.1) is 12.8 Å². The largest absolute Gasteiger partial charge is 0.492 e. The molecule has 0 radical (unpaired) electrons. The molecule has 2 rings (SSSR count). The van der Waals surface area contributed by atoms with Gasteiger partial charge in [-0.05, 0) is 37.1 Å². The first-order valence-electron chi connectivity index (χ1n) is 7.22. The number of hydrogen-bond donors (Lipinski definition) is 1. The molecular formula is C17H22N2O. The van der Waals surface area contributed by atoms with E-state index in [0.29, 0.717) is 6.61 Å². The maximum absolute atomic E-state index is 5.53. The minimum absolute atomic E-state index is 0.658. The molecule has 106 valence electrons. The van der Waals surface area contributed by atoms with Crippen LogP contribution in [0.1, 0.15) is 25.8 Å². The van der Waals surface area contributed by atoms with Crippen molar-refractivity contribution in [2.45, 2.75) is 26.8 Å². The molecule has 1 N–H and O–H groups in total. The van der Waals surface area contributed by atoms with Crippen LogP contribution in [0.4, 0.5) is 0 Å². The third-order valence-electron chi connectivity index (χ3n) is 3.09. The van der Waals surface area contributed by atoms with E-state index in [0.717, 1.165) is 30.8 Å². The van der Waals surface area contributed by atoms with Crippen LogP contribution in [-0.2, 0) is 6.54 Å². The Kier molecular flexibility index (Phi) is 5.56. The van der Waals surface area contributed by atoms with Gasteiger partial charge >= 0.3 is 0 Å². The number of nitrogens with one attached hydrogen (secondary N) is 1. The molecular weight excluding hydrogens is 248 g/mol. The highest BCUT2D eigenvalue weighted by atomic mass is 16.5. The summed E-state index contributed by atoms with van der Waals surface area (Å²) in [6.45, 7) is 6.73. The number of ether oxygens (including phenoxy) is 1. The van der Waals surface area contributed by atoms with Crippen molar-refractivity contribution in [3.63, 3.8) is 0 Å². The Labute approximate surface area is 121 Å². The van der Waals surface area contributed by atoms with E-state index in [1.165, 1.54) is 11.1 Å². The molecule has 0 amide bonds. The summed E-state index contributed by atoms with van der Waals surface area (Å²) in [4.78, 5) is 4.27. The topological polar surface area (TPSA) is 34.2 Å². The van der Waals surface area contributed by atoms with E-state index in [4.69, 9.17) is 4.74 Å². The number of pyridine rings is 1. The quantitative estimate of drug-likeness (QED) is 0.780. The normalized spacial score (nSPS) is 10.5. The Morgan fingerprint density at radius 3 is 2.80 bits per heavy atom. The van der Waals surface area contributed by atoms with Gasteiger partial charge < -0.3 is 10.1 Å². The smallest absolute Gasteiger partial charge is 0.138 e. The first-order chi connectivity index (χ1) is 9.85. The summed E-state index contributed by atoms with van der Waals surface area (Å²) in [5.41, 5.74) is 3.60. The average molecular weight is 270 g/mol. The Balaban J connectivity index is 2.24. The van der Waals surface area contributed by atoms with Crippen LogP contribution in [-0.4, -0.2) is 18.1 Å². The SMILES string of the molecule is CCCNCc1ccccc1-c1cncc(OCC)c1. The van der Waals surface area contributed by atoms with Crippen molar-refractivity contribution in [3.8, 4) is 16.9 Å². The van der Waals surface area contributed by atoms with Crippen molar-refractivity contribution in [1.29, 1.82) is 0 Å². The number of nitrogens with zero attached hydrogens (tertiary/aromatic N) is 1. The van der Waals surface area contributed by atoms with Gasteiger partial charge in [-0.1, -0.05) is 31.2 Å². The number of aromatic nitrogens is 1. The highest BCUT2D eigenvalue weighted by molar-refractivity contribution is 5.67. The molecule has 0 aliphatic heterocycles. The lowest BCUT2D eigenvalue weighted by atomic mass is 10.0. The first kappa shape index (κ1) is 14.5. The second-order valence-corrected chi connectivity index (χ2v) is 4.68. The fourth-order valence-electron chi connectivity index (χ4n) is 2.17. The molecule has 0 unspecified atom stereocenters. The summed E-state index contributed by atoms with van der Waals surface area (Å²) in [5, 5.41) is 3.45. The summed E-state index contributed by atoms with van der Waals surface area (Å²) in [6.07, 6.45) is 4.79. The second kappa shape index (κ2) is 7.65. The maximum atomic E-state index is 5.53. The fourth-order valence-corrected chi connectivity index (χ4v) is 2.17. The third-order valence-corrected chi connectivity index (χ3v) is 3.09. The third kappa shape index (κ3) is 3.81. The zero-order chi connectivity index (χ0) is 14.2. The molecule has 0 spiro atoms. The van der Waals surface area contributed by atoms with Gasteiger partial charge in [-0.15, -0.1) is 0 Å².